The van der Waals surface area contributed by atoms with Gasteiger partial charge < -0.3 is 10.6 Å². The van der Waals surface area contributed by atoms with Crippen molar-refractivity contribution in [2.24, 2.45) is 5.41 Å². The Morgan fingerprint density at radius 2 is 2.10 bits per heavy atom. The second-order valence-electron chi connectivity index (χ2n) is 7.47. The number of nitrogens with zero attached hydrogens (tertiary/aromatic N) is 1. The molecule has 116 valence electrons. The van der Waals surface area contributed by atoms with Gasteiger partial charge in [0.1, 0.15) is 0 Å². The molecule has 1 aromatic heterocycles. The van der Waals surface area contributed by atoms with Crippen LogP contribution >= 0.6 is 0 Å². The van der Waals surface area contributed by atoms with Gasteiger partial charge in [0.15, 0.2) is 0 Å². The van der Waals surface area contributed by atoms with E-state index < -0.39 is 0 Å². The Bertz CT molecular complexity index is 517. The van der Waals surface area contributed by atoms with Crippen LogP contribution in [0, 0.1) is 5.41 Å². The molecule has 1 aliphatic heterocycles. The molecule has 1 saturated heterocycles. The summed E-state index contributed by atoms with van der Waals surface area (Å²) in [5.74, 6) is 0.181. The van der Waals surface area contributed by atoms with Gasteiger partial charge in [-0.1, -0.05) is 20.8 Å². The van der Waals surface area contributed by atoms with Crippen LogP contribution in [-0.2, 0) is 11.2 Å². The SMILES string of the molecule is CC(C)(C)[C@@H]1NC(=O)CC[C@H]1NC1CCCc2[nH]ncc21. The summed E-state index contributed by atoms with van der Waals surface area (Å²) in [5.41, 5.74) is 2.64. The number of fused-ring (bicyclic) bond motifs is 1. The van der Waals surface area contributed by atoms with Crippen molar-refractivity contribution in [1.29, 1.82) is 0 Å². The summed E-state index contributed by atoms with van der Waals surface area (Å²) in [6.07, 6.45) is 6.92. The van der Waals surface area contributed by atoms with Crippen molar-refractivity contribution < 1.29 is 4.79 Å². The molecule has 2 heterocycles. The summed E-state index contributed by atoms with van der Waals surface area (Å²) in [6, 6.07) is 0.863. The molecule has 2 aliphatic rings. The Labute approximate surface area is 126 Å². The van der Waals surface area contributed by atoms with Gasteiger partial charge >= 0.3 is 0 Å². The van der Waals surface area contributed by atoms with Gasteiger partial charge in [-0.05, 0) is 31.1 Å². The van der Waals surface area contributed by atoms with Gasteiger partial charge in [0.05, 0.1) is 6.20 Å². The summed E-state index contributed by atoms with van der Waals surface area (Å²) in [6.45, 7) is 6.59. The van der Waals surface area contributed by atoms with E-state index in [2.05, 4.69) is 41.6 Å². The topological polar surface area (TPSA) is 69.8 Å². The van der Waals surface area contributed by atoms with Crippen LogP contribution in [-0.4, -0.2) is 28.2 Å². The van der Waals surface area contributed by atoms with Crippen molar-refractivity contribution in [2.45, 2.75) is 71.0 Å². The van der Waals surface area contributed by atoms with E-state index in [4.69, 9.17) is 0 Å². The molecular weight excluding hydrogens is 264 g/mol. The first-order valence-corrected chi connectivity index (χ1v) is 8.02. The van der Waals surface area contributed by atoms with Gasteiger partial charge in [-0.15, -0.1) is 0 Å². The third-order valence-corrected chi connectivity index (χ3v) is 4.80. The Morgan fingerprint density at radius 3 is 2.86 bits per heavy atom. The maximum Gasteiger partial charge on any atom is 0.220 e. The molecule has 0 aromatic carbocycles. The number of aryl methyl sites for hydroxylation is 1. The Balaban J connectivity index is 1.76. The predicted molar refractivity (Wildman–Crippen MR) is 81.8 cm³/mol. The molecule has 0 spiro atoms. The number of carbonyl (C=O) groups is 1. The Kier molecular flexibility index (Phi) is 3.78. The fourth-order valence-electron chi connectivity index (χ4n) is 3.69. The summed E-state index contributed by atoms with van der Waals surface area (Å²) in [5, 5.41) is 14.3. The van der Waals surface area contributed by atoms with E-state index in [0.29, 0.717) is 18.5 Å². The lowest BCUT2D eigenvalue weighted by molar-refractivity contribution is -0.125. The molecule has 1 fully saturated rings. The smallest absolute Gasteiger partial charge is 0.220 e. The standard InChI is InChI=1S/C16H26N4O/c1-16(2,3)15-13(7-8-14(21)19-15)18-11-5-4-6-12-10(11)9-17-20-12/h9,11,13,15,18H,4-8H2,1-3H3,(H,17,20)(H,19,21)/t11?,13-,15-/m1/s1. The van der Waals surface area contributed by atoms with Crippen LogP contribution < -0.4 is 10.6 Å². The molecule has 0 bridgehead atoms. The van der Waals surface area contributed by atoms with Gasteiger partial charge in [0, 0.05) is 35.8 Å². The molecule has 1 unspecified atom stereocenters. The summed E-state index contributed by atoms with van der Waals surface area (Å²) >= 11 is 0. The number of hydrogen-bond acceptors (Lipinski definition) is 3. The van der Waals surface area contributed by atoms with E-state index in [9.17, 15) is 4.79 Å². The summed E-state index contributed by atoms with van der Waals surface area (Å²) < 4.78 is 0. The largest absolute Gasteiger partial charge is 0.351 e. The fourth-order valence-corrected chi connectivity index (χ4v) is 3.69. The maximum atomic E-state index is 11.8. The van der Waals surface area contributed by atoms with E-state index in [1.54, 1.807) is 0 Å². The molecule has 1 aliphatic carbocycles. The second kappa shape index (κ2) is 5.44. The number of H-pyrrole nitrogens is 1. The van der Waals surface area contributed by atoms with E-state index in [1.807, 2.05) is 6.20 Å². The normalized spacial score (nSPS) is 29.9. The highest BCUT2D eigenvalue weighted by Gasteiger charge is 2.38. The van der Waals surface area contributed by atoms with Crippen LogP contribution in [0.15, 0.2) is 6.20 Å². The van der Waals surface area contributed by atoms with Gasteiger partial charge in [-0.3, -0.25) is 9.89 Å². The minimum Gasteiger partial charge on any atom is -0.351 e. The molecule has 21 heavy (non-hydrogen) atoms. The van der Waals surface area contributed by atoms with Crippen molar-refractivity contribution in [3.8, 4) is 0 Å². The zero-order valence-corrected chi connectivity index (χ0v) is 13.2. The summed E-state index contributed by atoms with van der Waals surface area (Å²) in [7, 11) is 0. The van der Waals surface area contributed by atoms with Crippen LogP contribution in [0.1, 0.15) is 63.8 Å². The third kappa shape index (κ3) is 2.98. The molecule has 0 saturated carbocycles. The van der Waals surface area contributed by atoms with Crippen LogP contribution in [0.2, 0.25) is 0 Å². The lowest BCUT2D eigenvalue weighted by Crippen LogP contribution is -2.60. The predicted octanol–water partition coefficient (Wildman–Crippen LogP) is 2.07. The van der Waals surface area contributed by atoms with Crippen molar-refractivity contribution in [1.82, 2.24) is 20.8 Å². The van der Waals surface area contributed by atoms with Gasteiger partial charge in [-0.2, -0.15) is 5.10 Å². The van der Waals surface area contributed by atoms with E-state index in [-0.39, 0.29) is 17.4 Å². The van der Waals surface area contributed by atoms with E-state index in [1.165, 1.54) is 17.7 Å². The molecule has 5 heteroatoms. The van der Waals surface area contributed by atoms with Crippen molar-refractivity contribution in [2.75, 3.05) is 0 Å². The number of amides is 1. The molecular formula is C16H26N4O. The van der Waals surface area contributed by atoms with Crippen molar-refractivity contribution >= 4 is 5.91 Å². The molecule has 5 nitrogen and oxygen atoms in total. The zero-order valence-electron chi connectivity index (χ0n) is 13.2. The van der Waals surface area contributed by atoms with E-state index >= 15 is 0 Å². The minimum atomic E-state index is 0.0572. The van der Waals surface area contributed by atoms with Gasteiger partial charge in [0.2, 0.25) is 5.91 Å². The molecule has 3 N–H and O–H groups in total. The Morgan fingerprint density at radius 1 is 1.29 bits per heavy atom. The van der Waals surface area contributed by atoms with Crippen LogP contribution in [0.25, 0.3) is 0 Å². The highest BCUT2D eigenvalue weighted by molar-refractivity contribution is 5.77. The Hall–Kier alpha value is -1.36. The first-order valence-electron chi connectivity index (χ1n) is 8.02. The zero-order chi connectivity index (χ0) is 15.0. The van der Waals surface area contributed by atoms with Crippen LogP contribution in [0.3, 0.4) is 0 Å². The van der Waals surface area contributed by atoms with Gasteiger partial charge in [-0.25, -0.2) is 0 Å². The van der Waals surface area contributed by atoms with Gasteiger partial charge in [0.25, 0.3) is 0 Å². The van der Waals surface area contributed by atoms with Crippen LogP contribution in [0.5, 0.6) is 0 Å². The number of aromatic nitrogens is 2. The third-order valence-electron chi connectivity index (χ3n) is 4.80. The second-order valence-corrected chi connectivity index (χ2v) is 7.47. The quantitative estimate of drug-likeness (QED) is 0.781. The number of nitrogens with one attached hydrogen (secondary N) is 3. The molecule has 1 aromatic rings. The molecule has 1 amide bonds. The van der Waals surface area contributed by atoms with E-state index in [0.717, 1.165) is 19.3 Å². The van der Waals surface area contributed by atoms with Crippen LogP contribution in [0.4, 0.5) is 0 Å². The molecule has 0 radical (unpaired) electrons. The minimum absolute atomic E-state index is 0.0572. The first kappa shape index (κ1) is 14.6. The van der Waals surface area contributed by atoms with Crippen molar-refractivity contribution in [3.63, 3.8) is 0 Å². The fraction of sp³-hybridized carbons (Fsp3) is 0.750. The first-order chi connectivity index (χ1) is 9.95. The average Bonchev–Trinajstić information content (AvgIpc) is 2.89. The lowest BCUT2D eigenvalue weighted by Gasteiger charge is -2.43. The lowest BCUT2D eigenvalue weighted by atomic mass is 9.78. The maximum absolute atomic E-state index is 11.8. The average molecular weight is 290 g/mol. The monoisotopic (exact) mass is 290 g/mol. The van der Waals surface area contributed by atoms with Crippen molar-refractivity contribution in [3.05, 3.63) is 17.5 Å². The number of rotatable bonds is 2. The highest BCUT2D eigenvalue weighted by atomic mass is 16.1. The highest BCUT2D eigenvalue weighted by Crippen LogP contribution is 2.32. The number of piperidine rings is 1. The number of carbonyl (C=O) groups excluding carboxylic acids is 1. The molecule has 3 atom stereocenters. The number of hydrogen-bond donors (Lipinski definition) is 3. The molecule has 3 rings (SSSR count). The summed E-state index contributed by atoms with van der Waals surface area (Å²) in [4.78, 5) is 11.8. The number of aromatic amines is 1.